The molecule has 0 spiro atoms. The number of ether oxygens (including phenoxy) is 1. The lowest BCUT2D eigenvalue weighted by Crippen LogP contribution is -2.44. The summed E-state index contributed by atoms with van der Waals surface area (Å²) in [7, 11) is 2.16. The molecular weight excluding hydrogens is 541 g/mol. The molecule has 0 saturated carbocycles. The van der Waals surface area contributed by atoms with E-state index in [2.05, 4.69) is 40.5 Å². The summed E-state index contributed by atoms with van der Waals surface area (Å²) in [5, 5.41) is 7.46. The molecule has 0 radical (unpaired) electrons. The van der Waals surface area contributed by atoms with Crippen LogP contribution in [0.25, 0.3) is 0 Å². The fourth-order valence-corrected chi connectivity index (χ4v) is 3.73. The average molecular weight is 576 g/mol. The van der Waals surface area contributed by atoms with E-state index >= 15 is 0 Å². The summed E-state index contributed by atoms with van der Waals surface area (Å²) in [5.74, 6) is 1.64. The molecule has 2 heterocycles. The van der Waals surface area contributed by atoms with E-state index in [9.17, 15) is 0 Å². The van der Waals surface area contributed by atoms with Gasteiger partial charge in [0.2, 0.25) is 0 Å². The minimum absolute atomic E-state index is 0. The Bertz CT molecular complexity index is 811. The van der Waals surface area contributed by atoms with Crippen molar-refractivity contribution in [2.24, 2.45) is 4.99 Å². The molecule has 0 aliphatic carbocycles. The maximum Gasteiger partial charge on any atom is 0.191 e. The van der Waals surface area contributed by atoms with Gasteiger partial charge in [-0.3, -0.25) is 0 Å². The first kappa shape index (κ1) is 26.8. The number of likely N-dealkylation sites (N-methyl/N-ethyl adjacent to an activating group) is 1. The van der Waals surface area contributed by atoms with Gasteiger partial charge in [-0.1, -0.05) is 17.7 Å². The van der Waals surface area contributed by atoms with Crippen LogP contribution in [0.15, 0.2) is 46.0 Å². The van der Waals surface area contributed by atoms with Crippen LogP contribution in [0.3, 0.4) is 0 Å². The predicted octanol–water partition coefficient (Wildman–Crippen LogP) is 3.96. The number of piperazine rings is 1. The molecule has 178 valence electrons. The molecule has 1 saturated heterocycles. The van der Waals surface area contributed by atoms with Crippen molar-refractivity contribution < 1.29 is 9.15 Å². The van der Waals surface area contributed by atoms with Crippen LogP contribution in [0.4, 0.5) is 5.69 Å². The van der Waals surface area contributed by atoms with E-state index in [0.717, 1.165) is 68.0 Å². The largest absolute Gasteiger partial charge is 0.467 e. The van der Waals surface area contributed by atoms with Crippen LogP contribution in [0.2, 0.25) is 5.02 Å². The molecule has 3 rings (SSSR count). The first-order chi connectivity index (χ1) is 15.2. The summed E-state index contributed by atoms with van der Waals surface area (Å²) in [4.78, 5) is 9.55. The molecule has 1 aromatic heterocycles. The number of nitrogens with zero attached hydrogens (tertiary/aromatic N) is 3. The summed E-state index contributed by atoms with van der Waals surface area (Å²) < 4.78 is 10.9. The third-order valence-electron chi connectivity index (χ3n) is 5.26. The van der Waals surface area contributed by atoms with Crippen LogP contribution in [-0.2, 0) is 17.9 Å². The van der Waals surface area contributed by atoms with Crippen LogP contribution in [0.1, 0.15) is 24.7 Å². The maximum atomic E-state index is 6.57. The molecule has 1 fully saturated rings. The number of anilines is 1. The van der Waals surface area contributed by atoms with Crippen molar-refractivity contribution in [1.82, 2.24) is 15.5 Å². The number of halogens is 2. The lowest BCUT2D eigenvalue weighted by atomic mass is 10.1. The van der Waals surface area contributed by atoms with Crippen molar-refractivity contribution in [1.29, 1.82) is 0 Å². The number of hydrogen-bond donors (Lipinski definition) is 2. The average Bonchev–Trinajstić information content (AvgIpc) is 3.29. The Labute approximate surface area is 213 Å². The second-order valence-corrected chi connectivity index (χ2v) is 8.04. The molecule has 0 atom stereocenters. The summed E-state index contributed by atoms with van der Waals surface area (Å²) in [6.45, 7) is 9.46. The zero-order valence-corrected chi connectivity index (χ0v) is 22.1. The highest BCUT2D eigenvalue weighted by Gasteiger charge is 2.18. The third-order valence-corrected chi connectivity index (χ3v) is 5.61. The van der Waals surface area contributed by atoms with E-state index in [1.807, 2.05) is 24.3 Å². The minimum atomic E-state index is 0. The van der Waals surface area contributed by atoms with Crippen LogP contribution in [-0.4, -0.2) is 63.8 Å². The summed E-state index contributed by atoms with van der Waals surface area (Å²) in [6, 6.07) is 9.91. The van der Waals surface area contributed by atoms with Gasteiger partial charge in [-0.05, 0) is 44.7 Å². The van der Waals surface area contributed by atoms with Gasteiger partial charge in [0, 0.05) is 62.1 Å². The summed E-state index contributed by atoms with van der Waals surface area (Å²) in [5.41, 5.74) is 2.26. The number of guanidine groups is 1. The Morgan fingerprint density at radius 1 is 1.16 bits per heavy atom. The van der Waals surface area contributed by atoms with Gasteiger partial charge in [-0.25, -0.2) is 4.99 Å². The van der Waals surface area contributed by atoms with E-state index in [1.54, 1.807) is 6.26 Å². The molecule has 32 heavy (non-hydrogen) atoms. The molecule has 0 bridgehead atoms. The topological polar surface area (TPSA) is 65.3 Å². The predicted molar refractivity (Wildman–Crippen MR) is 142 cm³/mol. The summed E-state index contributed by atoms with van der Waals surface area (Å²) >= 11 is 6.57. The van der Waals surface area contributed by atoms with Crippen molar-refractivity contribution in [3.8, 4) is 0 Å². The molecule has 1 aromatic carbocycles. The SMILES string of the molecule is CCNC(=NCc1c(Cl)cccc1N1CCN(C)CC1)NCCCOCc1ccco1.I. The highest BCUT2D eigenvalue weighted by molar-refractivity contribution is 14.0. The van der Waals surface area contributed by atoms with Crippen LogP contribution < -0.4 is 15.5 Å². The van der Waals surface area contributed by atoms with E-state index in [0.29, 0.717) is 19.8 Å². The zero-order chi connectivity index (χ0) is 21.9. The normalized spacial score (nSPS) is 14.8. The van der Waals surface area contributed by atoms with Gasteiger partial charge in [0.15, 0.2) is 5.96 Å². The van der Waals surface area contributed by atoms with Gasteiger partial charge in [-0.15, -0.1) is 24.0 Å². The number of hydrogen-bond acceptors (Lipinski definition) is 5. The van der Waals surface area contributed by atoms with Gasteiger partial charge in [0.25, 0.3) is 0 Å². The second-order valence-electron chi connectivity index (χ2n) is 7.64. The Hall–Kier alpha value is -1.49. The van der Waals surface area contributed by atoms with Crippen LogP contribution >= 0.6 is 35.6 Å². The lowest BCUT2D eigenvalue weighted by molar-refractivity contribution is 0.105. The molecule has 9 heteroatoms. The van der Waals surface area contributed by atoms with Crippen molar-refractivity contribution in [2.75, 3.05) is 57.8 Å². The minimum Gasteiger partial charge on any atom is -0.467 e. The monoisotopic (exact) mass is 575 g/mol. The second kappa shape index (κ2) is 14.6. The number of nitrogens with one attached hydrogen (secondary N) is 2. The molecule has 2 N–H and O–H groups in total. The van der Waals surface area contributed by atoms with E-state index in [4.69, 9.17) is 25.7 Å². The molecule has 7 nitrogen and oxygen atoms in total. The molecule has 1 aliphatic heterocycles. The first-order valence-corrected chi connectivity index (χ1v) is 11.4. The van der Waals surface area contributed by atoms with Gasteiger partial charge in [0.05, 0.1) is 12.8 Å². The number of furan rings is 1. The Morgan fingerprint density at radius 3 is 2.69 bits per heavy atom. The molecule has 0 unspecified atom stereocenters. The van der Waals surface area contributed by atoms with E-state index in [1.165, 1.54) is 5.69 Å². The number of aliphatic imine (C=N–C) groups is 1. The van der Waals surface area contributed by atoms with Gasteiger partial charge in [0.1, 0.15) is 12.4 Å². The van der Waals surface area contributed by atoms with Crippen molar-refractivity contribution in [2.45, 2.75) is 26.5 Å². The Morgan fingerprint density at radius 2 is 1.97 bits per heavy atom. The third kappa shape index (κ3) is 8.46. The Kier molecular flexibility index (Phi) is 12.2. The van der Waals surface area contributed by atoms with Crippen molar-refractivity contribution >= 4 is 47.2 Å². The van der Waals surface area contributed by atoms with Gasteiger partial charge >= 0.3 is 0 Å². The van der Waals surface area contributed by atoms with E-state index in [-0.39, 0.29) is 24.0 Å². The Balaban J connectivity index is 0.00000363. The lowest BCUT2D eigenvalue weighted by Gasteiger charge is -2.35. The fourth-order valence-electron chi connectivity index (χ4n) is 3.50. The summed E-state index contributed by atoms with van der Waals surface area (Å²) in [6.07, 6.45) is 2.54. The highest BCUT2D eigenvalue weighted by atomic mass is 127. The van der Waals surface area contributed by atoms with Crippen LogP contribution in [0.5, 0.6) is 0 Å². The standard InChI is InChI=1S/C23H34ClN5O2.HI/c1-3-25-23(26-10-6-15-30-18-19-7-5-16-31-19)27-17-20-21(24)8-4-9-22(20)29-13-11-28(2)12-14-29;/h4-5,7-9,16H,3,6,10-15,17-18H2,1-2H3,(H2,25,26,27);1H. The smallest absolute Gasteiger partial charge is 0.191 e. The molecule has 2 aromatic rings. The highest BCUT2D eigenvalue weighted by Crippen LogP contribution is 2.29. The molecule has 0 amide bonds. The van der Waals surface area contributed by atoms with Crippen LogP contribution in [0, 0.1) is 0 Å². The van der Waals surface area contributed by atoms with Crippen molar-refractivity contribution in [3.63, 3.8) is 0 Å². The van der Waals surface area contributed by atoms with Gasteiger partial charge < -0.3 is 29.6 Å². The van der Waals surface area contributed by atoms with E-state index < -0.39 is 0 Å². The fraction of sp³-hybridized carbons (Fsp3) is 0.522. The molecular formula is C23H35ClIN5O2. The maximum absolute atomic E-state index is 6.57. The van der Waals surface area contributed by atoms with Crippen molar-refractivity contribution in [3.05, 3.63) is 52.9 Å². The number of rotatable bonds is 10. The quantitative estimate of drug-likeness (QED) is 0.194. The number of benzene rings is 1. The first-order valence-electron chi connectivity index (χ1n) is 11.0. The molecule has 1 aliphatic rings. The van der Waals surface area contributed by atoms with Gasteiger partial charge in [-0.2, -0.15) is 0 Å². The zero-order valence-electron chi connectivity index (χ0n) is 19.0.